The second-order valence-corrected chi connectivity index (χ2v) is 3.50. The van der Waals surface area contributed by atoms with Crippen molar-refractivity contribution in [3.8, 4) is 0 Å². The van der Waals surface area contributed by atoms with E-state index in [2.05, 4.69) is 4.98 Å². The van der Waals surface area contributed by atoms with Crippen molar-refractivity contribution in [2.45, 2.75) is 26.3 Å². The van der Waals surface area contributed by atoms with Crippen LogP contribution in [0.5, 0.6) is 0 Å². The Balaban J connectivity index is 2.18. The molecule has 0 amide bonds. The molecular weight excluding hydrogens is 170 g/mol. The van der Waals surface area contributed by atoms with Gasteiger partial charge in [0.2, 0.25) is 5.82 Å². The van der Waals surface area contributed by atoms with Gasteiger partial charge in [-0.05, 0) is 28.7 Å². The number of nitrogens with zero attached hydrogens (tertiary/aromatic N) is 3. The molecule has 1 heterocycles. The molecule has 1 aromatic rings. The van der Waals surface area contributed by atoms with E-state index in [4.69, 9.17) is 0 Å². The number of rotatable bonds is 3. The summed E-state index contributed by atoms with van der Waals surface area (Å²) in [6, 6.07) is 0. The average molecular weight is 181 g/mol. The van der Waals surface area contributed by atoms with Crippen LogP contribution in [-0.2, 0) is 6.54 Å². The summed E-state index contributed by atoms with van der Waals surface area (Å²) in [4.78, 5) is 13.8. The molecule has 0 unspecified atom stereocenters. The van der Waals surface area contributed by atoms with Crippen molar-refractivity contribution in [1.29, 1.82) is 0 Å². The van der Waals surface area contributed by atoms with Crippen molar-refractivity contribution in [2.75, 3.05) is 0 Å². The predicted octanol–water partition coefficient (Wildman–Crippen LogP) is 1.51. The van der Waals surface area contributed by atoms with Crippen LogP contribution < -0.4 is 0 Å². The third-order valence-electron chi connectivity index (χ3n) is 2.30. The van der Waals surface area contributed by atoms with Gasteiger partial charge in [0.1, 0.15) is 6.20 Å². The highest BCUT2D eigenvalue weighted by Crippen LogP contribution is 2.31. The first kappa shape index (κ1) is 8.22. The Morgan fingerprint density at radius 1 is 1.77 bits per heavy atom. The topological polar surface area (TPSA) is 61.0 Å². The summed E-state index contributed by atoms with van der Waals surface area (Å²) in [5.41, 5.74) is 0. The molecule has 70 valence electrons. The maximum atomic E-state index is 10.4. The molecule has 0 aromatic carbocycles. The van der Waals surface area contributed by atoms with E-state index in [0.29, 0.717) is 5.92 Å². The maximum absolute atomic E-state index is 10.4. The fourth-order valence-corrected chi connectivity index (χ4v) is 1.34. The molecule has 0 atom stereocenters. The molecule has 0 N–H and O–H groups in total. The van der Waals surface area contributed by atoms with Gasteiger partial charge < -0.3 is 14.7 Å². The highest BCUT2D eigenvalue weighted by atomic mass is 16.6. The number of hydrogen-bond acceptors (Lipinski definition) is 3. The number of hydrogen-bond donors (Lipinski definition) is 0. The summed E-state index contributed by atoms with van der Waals surface area (Å²) in [5, 5.41) is 10.4. The van der Waals surface area contributed by atoms with Gasteiger partial charge in [0.15, 0.2) is 0 Å². The zero-order chi connectivity index (χ0) is 9.42. The molecule has 2 rings (SSSR count). The Morgan fingerprint density at radius 3 is 2.92 bits per heavy atom. The molecule has 0 aliphatic heterocycles. The minimum atomic E-state index is -0.448. The van der Waals surface area contributed by atoms with Crippen LogP contribution in [0.25, 0.3) is 0 Å². The normalized spacial score (nSPS) is 16.1. The minimum Gasteiger partial charge on any atom is -0.358 e. The van der Waals surface area contributed by atoms with Gasteiger partial charge in [0.25, 0.3) is 0 Å². The lowest BCUT2D eigenvalue weighted by Crippen LogP contribution is -2.00. The van der Waals surface area contributed by atoms with Crippen molar-refractivity contribution < 1.29 is 4.92 Å². The first-order chi connectivity index (χ1) is 6.16. The predicted molar refractivity (Wildman–Crippen MR) is 46.3 cm³/mol. The molecule has 1 aliphatic carbocycles. The van der Waals surface area contributed by atoms with Crippen LogP contribution in [0, 0.1) is 23.0 Å². The van der Waals surface area contributed by atoms with E-state index in [1.54, 1.807) is 6.92 Å². The molecular formula is C8H11N3O2. The van der Waals surface area contributed by atoms with E-state index in [1.165, 1.54) is 19.0 Å². The lowest BCUT2D eigenvalue weighted by Gasteiger charge is -1.97. The van der Waals surface area contributed by atoms with Crippen LogP contribution in [0.15, 0.2) is 6.20 Å². The zero-order valence-corrected chi connectivity index (χ0v) is 7.43. The Bertz CT molecular complexity index is 341. The van der Waals surface area contributed by atoms with E-state index in [-0.39, 0.29) is 5.82 Å². The number of nitro groups is 1. The monoisotopic (exact) mass is 181 g/mol. The molecule has 1 aromatic heterocycles. The standard InChI is InChI=1S/C8H11N3O2/c1-6-9-8(11(12)13)5-10(6)4-7-2-3-7/h5,7H,2-4H2,1H3. The van der Waals surface area contributed by atoms with Gasteiger partial charge in [-0.25, -0.2) is 0 Å². The Hall–Kier alpha value is -1.39. The molecule has 0 spiro atoms. The largest absolute Gasteiger partial charge is 0.381 e. The molecule has 1 fully saturated rings. The molecule has 5 heteroatoms. The van der Waals surface area contributed by atoms with Gasteiger partial charge in [0.05, 0.1) is 0 Å². The summed E-state index contributed by atoms with van der Waals surface area (Å²) >= 11 is 0. The molecule has 5 nitrogen and oxygen atoms in total. The molecule has 0 bridgehead atoms. The maximum Gasteiger partial charge on any atom is 0.381 e. The van der Waals surface area contributed by atoms with Crippen LogP contribution in [-0.4, -0.2) is 14.5 Å². The van der Waals surface area contributed by atoms with Crippen LogP contribution in [0.1, 0.15) is 18.7 Å². The number of aromatic nitrogens is 2. The van der Waals surface area contributed by atoms with Crippen molar-refractivity contribution in [3.63, 3.8) is 0 Å². The third kappa shape index (κ3) is 1.68. The quantitative estimate of drug-likeness (QED) is 0.524. The Labute approximate surface area is 75.5 Å². The van der Waals surface area contributed by atoms with Crippen molar-refractivity contribution in [2.24, 2.45) is 5.92 Å². The first-order valence-corrected chi connectivity index (χ1v) is 4.35. The highest BCUT2D eigenvalue weighted by Gasteiger charge is 2.24. The smallest absolute Gasteiger partial charge is 0.358 e. The van der Waals surface area contributed by atoms with E-state index < -0.39 is 4.92 Å². The summed E-state index contributed by atoms with van der Waals surface area (Å²) in [7, 11) is 0. The molecule has 0 saturated heterocycles. The average Bonchev–Trinajstić information content (AvgIpc) is 2.78. The molecule has 1 aliphatic rings. The van der Waals surface area contributed by atoms with E-state index in [9.17, 15) is 10.1 Å². The lowest BCUT2D eigenvalue weighted by atomic mass is 10.4. The van der Waals surface area contributed by atoms with Gasteiger partial charge in [-0.1, -0.05) is 0 Å². The molecule has 1 saturated carbocycles. The Kier molecular flexibility index (Phi) is 1.79. The number of aryl methyl sites for hydroxylation is 1. The zero-order valence-electron chi connectivity index (χ0n) is 7.43. The fourth-order valence-electron chi connectivity index (χ4n) is 1.34. The molecule has 13 heavy (non-hydrogen) atoms. The lowest BCUT2D eigenvalue weighted by molar-refractivity contribution is -0.389. The van der Waals surface area contributed by atoms with Gasteiger partial charge >= 0.3 is 5.82 Å². The minimum absolute atomic E-state index is 0.0434. The summed E-state index contributed by atoms with van der Waals surface area (Å²) in [5.74, 6) is 1.41. The van der Waals surface area contributed by atoms with Crippen LogP contribution in [0.3, 0.4) is 0 Å². The highest BCUT2D eigenvalue weighted by molar-refractivity contribution is 5.16. The summed E-state index contributed by atoms with van der Waals surface area (Å²) in [6.45, 7) is 2.68. The van der Waals surface area contributed by atoms with E-state index in [1.807, 2.05) is 4.57 Å². The third-order valence-corrected chi connectivity index (χ3v) is 2.30. The molecule has 0 radical (unpaired) electrons. The summed E-state index contributed by atoms with van der Waals surface area (Å²) in [6.07, 6.45) is 4.00. The second kappa shape index (κ2) is 2.83. The fraction of sp³-hybridized carbons (Fsp3) is 0.625. The van der Waals surface area contributed by atoms with Gasteiger partial charge in [-0.15, -0.1) is 0 Å². The number of imidazole rings is 1. The van der Waals surface area contributed by atoms with Gasteiger partial charge in [-0.3, -0.25) is 0 Å². The van der Waals surface area contributed by atoms with Gasteiger partial charge in [-0.2, -0.15) is 0 Å². The van der Waals surface area contributed by atoms with Crippen molar-refractivity contribution >= 4 is 5.82 Å². The SMILES string of the molecule is Cc1nc([N+](=O)[O-])cn1CC1CC1. The van der Waals surface area contributed by atoms with E-state index in [0.717, 1.165) is 12.4 Å². The second-order valence-electron chi connectivity index (χ2n) is 3.50. The van der Waals surface area contributed by atoms with Crippen LogP contribution in [0.4, 0.5) is 5.82 Å². The van der Waals surface area contributed by atoms with Gasteiger partial charge in [0, 0.05) is 13.5 Å². The Morgan fingerprint density at radius 2 is 2.46 bits per heavy atom. The van der Waals surface area contributed by atoms with Crippen LogP contribution >= 0.6 is 0 Å². The van der Waals surface area contributed by atoms with Crippen molar-refractivity contribution in [3.05, 3.63) is 22.1 Å². The van der Waals surface area contributed by atoms with E-state index >= 15 is 0 Å². The summed E-state index contributed by atoms with van der Waals surface area (Å²) < 4.78 is 1.87. The first-order valence-electron chi connectivity index (χ1n) is 4.35. The van der Waals surface area contributed by atoms with Crippen LogP contribution in [0.2, 0.25) is 0 Å². The van der Waals surface area contributed by atoms with Crippen molar-refractivity contribution in [1.82, 2.24) is 9.55 Å².